The Bertz CT molecular complexity index is 676. The van der Waals surface area contributed by atoms with Gasteiger partial charge in [0.15, 0.2) is 0 Å². The van der Waals surface area contributed by atoms with Crippen LogP contribution in [0.5, 0.6) is 5.75 Å². The monoisotopic (exact) mass is 328 g/mol. The molecule has 23 heavy (non-hydrogen) atoms. The van der Waals surface area contributed by atoms with Crippen LogP contribution >= 0.6 is 11.3 Å². The lowest BCUT2D eigenvalue weighted by Gasteiger charge is -2.28. The first-order valence-electron chi connectivity index (χ1n) is 7.72. The number of benzene rings is 1. The third-order valence-corrected chi connectivity index (χ3v) is 4.75. The van der Waals surface area contributed by atoms with Gasteiger partial charge in [-0.1, -0.05) is 0 Å². The molecule has 0 bridgehead atoms. The lowest BCUT2D eigenvalue weighted by atomic mass is 10.1. The van der Waals surface area contributed by atoms with Crippen LogP contribution in [0.2, 0.25) is 0 Å². The molecule has 0 aliphatic heterocycles. The van der Waals surface area contributed by atoms with Crippen molar-refractivity contribution < 1.29 is 9.53 Å². The van der Waals surface area contributed by atoms with E-state index in [1.807, 2.05) is 34.5 Å². The highest BCUT2D eigenvalue weighted by Crippen LogP contribution is 2.37. The minimum absolute atomic E-state index is 0.0115. The fraction of sp³-hybridized carbons (Fsp3) is 0.333. The van der Waals surface area contributed by atoms with Crippen molar-refractivity contribution in [3.8, 4) is 5.75 Å². The molecule has 1 fully saturated rings. The van der Waals surface area contributed by atoms with E-state index in [9.17, 15) is 4.79 Å². The molecular formula is C18H20N2O2S. The first-order valence-corrected chi connectivity index (χ1v) is 8.67. The highest BCUT2D eigenvalue weighted by atomic mass is 32.1. The van der Waals surface area contributed by atoms with Crippen LogP contribution in [0.3, 0.4) is 0 Å². The summed E-state index contributed by atoms with van der Waals surface area (Å²) in [6.07, 6.45) is 5.76. The molecule has 3 rings (SSSR count). The van der Waals surface area contributed by atoms with Crippen molar-refractivity contribution in [1.29, 1.82) is 0 Å². The van der Waals surface area contributed by atoms with Crippen molar-refractivity contribution in [2.24, 2.45) is 5.92 Å². The lowest BCUT2D eigenvalue weighted by Crippen LogP contribution is -2.39. The van der Waals surface area contributed by atoms with E-state index >= 15 is 0 Å². The standard InChI is InChI=1S/C18H20N2O2S/c1-13(14-3-4-14)20(16-6-8-17(22-2)9-7-16)18(21)10-5-15-11-23-12-19-15/h5-14H,3-4H2,1-2H3/b10-5-/t13-/m0/s1. The second kappa shape index (κ2) is 6.96. The maximum atomic E-state index is 12.8. The van der Waals surface area contributed by atoms with Gasteiger partial charge >= 0.3 is 0 Å². The van der Waals surface area contributed by atoms with E-state index in [0.717, 1.165) is 17.1 Å². The predicted molar refractivity (Wildman–Crippen MR) is 93.8 cm³/mol. The number of anilines is 1. The van der Waals surface area contributed by atoms with E-state index in [2.05, 4.69) is 11.9 Å². The molecule has 0 unspecified atom stereocenters. The second-order valence-corrected chi connectivity index (χ2v) is 6.45. The summed E-state index contributed by atoms with van der Waals surface area (Å²) >= 11 is 1.52. The van der Waals surface area contributed by atoms with E-state index in [1.165, 1.54) is 24.2 Å². The van der Waals surface area contributed by atoms with Gasteiger partial charge in [0.25, 0.3) is 5.91 Å². The van der Waals surface area contributed by atoms with E-state index in [4.69, 9.17) is 4.74 Å². The van der Waals surface area contributed by atoms with Gasteiger partial charge in [-0.25, -0.2) is 4.98 Å². The molecule has 4 nitrogen and oxygen atoms in total. The molecule has 1 saturated carbocycles. The molecule has 1 aliphatic carbocycles. The molecule has 1 atom stereocenters. The molecule has 2 aromatic rings. The Morgan fingerprint density at radius 3 is 2.70 bits per heavy atom. The number of methoxy groups -OCH3 is 1. The first kappa shape index (κ1) is 15.7. The number of rotatable bonds is 6. The summed E-state index contributed by atoms with van der Waals surface area (Å²) in [5.74, 6) is 1.37. The SMILES string of the molecule is COc1ccc(N(C(=O)/C=C\c2cscn2)[C@@H](C)C2CC2)cc1. The van der Waals surface area contributed by atoms with Gasteiger partial charge in [-0.05, 0) is 56.0 Å². The van der Waals surface area contributed by atoms with Crippen molar-refractivity contribution in [2.75, 3.05) is 12.0 Å². The molecule has 1 heterocycles. The minimum Gasteiger partial charge on any atom is -0.497 e. The molecule has 0 saturated heterocycles. The van der Waals surface area contributed by atoms with Crippen molar-refractivity contribution in [3.63, 3.8) is 0 Å². The summed E-state index contributed by atoms with van der Waals surface area (Å²) in [5, 5.41) is 1.92. The van der Waals surface area contributed by atoms with Crippen molar-refractivity contribution in [1.82, 2.24) is 4.98 Å². The van der Waals surface area contributed by atoms with Gasteiger partial charge in [0.1, 0.15) is 5.75 Å². The maximum absolute atomic E-state index is 12.8. The smallest absolute Gasteiger partial charge is 0.251 e. The number of hydrogen-bond acceptors (Lipinski definition) is 4. The summed E-state index contributed by atoms with van der Waals surface area (Å²) < 4.78 is 5.20. The van der Waals surface area contributed by atoms with E-state index in [-0.39, 0.29) is 11.9 Å². The Kier molecular flexibility index (Phi) is 4.76. The fourth-order valence-corrected chi connectivity index (χ4v) is 3.16. The third kappa shape index (κ3) is 3.79. The normalized spacial score (nSPS) is 15.6. The van der Waals surface area contributed by atoms with Crippen molar-refractivity contribution in [2.45, 2.75) is 25.8 Å². The molecular weight excluding hydrogens is 308 g/mol. The molecule has 0 spiro atoms. The van der Waals surface area contributed by atoms with Crippen LogP contribution in [0, 0.1) is 5.92 Å². The highest BCUT2D eigenvalue weighted by molar-refractivity contribution is 7.07. The number of amides is 1. The fourth-order valence-electron chi connectivity index (χ4n) is 2.64. The lowest BCUT2D eigenvalue weighted by molar-refractivity contribution is -0.114. The van der Waals surface area contributed by atoms with Gasteiger partial charge in [0.2, 0.25) is 0 Å². The Hall–Kier alpha value is -2.14. The van der Waals surface area contributed by atoms with Crippen LogP contribution in [0.25, 0.3) is 6.08 Å². The second-order valence-electron chi connectivity index (χ2n) is 5.73. The summed E-state index contributed by atoms with van der Waals surface area (Å²) in [5.41, 5.74) is 3.48. The van der Waals surface area contributed by atoms with Crippen LogP contribution in [0.1, 0.15) is 25.5 Å². The first-order chi connectivity index (χ1) is 11.2. The quantitative estimate of drug-likeness (QED) is 0.753. The number of carbonyl (C=O) groups is 1. The van der Waals surface area contributed by atoms with Crippen molar-refractivity contribution in [3.05, 3.63) is 46.9 Å². The molecule has 1 aliphatic rings. The number of carbonyl (C=O) groups excluding carboxylic acids is 1. The summed E-state index contributed by atoms with van der Waals surface area (Å²) in [4.78, 5) is 18.8. The Morgan fingerprint density at radius 2 is 2.13 bits per heavy atom. The third-order valence-electron chi connectivity index (χ3n) is 4.15. The van der Waals surface area contributed by atoms with Crippen LogP contribution in [0.4, 0.5) is 5.69 Å². The molecule has 1 amide bonds. The van der Waals surface area contributed by atoms with Crippen LogP contribution in [0.15, 0.2) is 41.2 Å². The van der Waals surface area contributed by atoms with Gasteiger partial charge in [0.05, 0.1) is 18.3 Å². The van der Waals surface area contributed by atoms with Crippen LogP contribution in [-0.4, -0.2) is 24.0 Å². The van der Waals surface area contributed by atoms with E-state index < -0.39 is 0 Å². The van der Waals surface area contributed by atoms with Gasteiger partial charge < -0.3 is 9.64 Å². The average Bonchev–Trinajstić information content (AvgIpc) is 3.30. The maximum Gasteiger partial charge on any atom is 0.251 e. The van der Waals surface area contributed by atoms with Gasteiger partial charge in [-0.2, -0.15) is 0 Å². The zero-order valence-electron chi connectivity index (χ0n) is 13.3. The minimum atomic E-state index is -0.0115. The van der Waals surface area contributed by atoms with Crippen LogP contribution in [-0.2, 0) is 4.79 Å². The molecule has 120 valence electrons. The zero-order valence-corrected chi connectivity index (χ0v) is 14.1. The molecule has 0 N–H and O–H groups in total. The largest absolute Gasteiger partial charge is 0.497 e. The molecule has 1 aromatic heterocycles. The van der Waals surface area contributed by atoms with E-state index in [0.29, 0.717) is 5.92 Å². The Balaban J connectivity index is 1.83. The Morgan fingerprint density at radius 1 is 1.39 bits per heavy atom. The predicted octanol–water partition coefficient (Wildman–Crippen LogP) is 4.00. The number of hydrogen-bond donors (Lipinski definition) is 0. The van der Waals surface area contributed by atoms with Gasteiger partial charge in [0, 0.05) is 23.2 Å². The summed E-state index contributed by atoms with van der Waals surface area (Å²) in [6, 6.07) is 7.84. The summed E-state index contributed by atoms with van der Waals surface area (Å²) in [6.45, 7) is 2.12. The number of thiazole rings is 1. The average molecular weight is 328 g/mol. The number of nitrogens with zero attached hydrogens (tertiary/aromatic N) is 2. The van der Waals surface area contributed by atoms with Crippen molar-refractivity contribution >= 4 is 29.0 Å². The summed E-state index contributed by atoms with van der Waals surface area (Å²) in [7, 11) is 1.64. The molecule has 0 radical (unpaired) electrons. The molecule has 5 heteroatoms. The van der Waals surface area contributed by atoms with Gasteiger partial charge in [-0.15, -0.1) is 11.3 Å². The molecule has 1 aromatic carbocycles. The topological polar surface area (TPSA) is 42.4 Å². The zero-order chi connectivity index (χ0) is 16.2. The van der Waals surface area contributed by atoms with Crippen LogP contribution < -0.4 is 9.64 Å². The number of aromatic nitrogens is 1. The Labute approximate surface area is 140 Å². The van der Waals surface area contributed by atoms with Gasteiger partial charge in [-0.3, -0.25) is 4.79 Å². The highest BCUT2D eigenvalue weighted by Gasteiger charge is 2.34. The van der Waals surface area contributed by atoms with E-state index in [1.54, 1.807) is 24.8 Å². The number of ether oxygens (including phenoxy) is 1.